The molecule has 3 aliphatic rings. The lowest BCUT2D eigenvalue weighted by Crippen LogP contribution is -2.47. The summed E-state index contributed by atoms with van der Waals surface area (Å²) in [5.74, 6) is 1.73. The maximum atomic E-state index is 5.99. The second-order valence-electron chi connectivity index (χ2n) is 8.81. The Bertz CT molecular complexity index is 683. The van der Waals surface area contributed by atoms with Crippen molar-refractivity contribution in [3.05, 3.63) is 35.4 Å². The highest BCUT2D eigenvalue weighted by Gasteiger charge is 2.41. The van der Waals surface area contributed by atoms with Crippen LogP contribution in [0.1, 0.15) is 57.1 Å². The molecule has 3 fully saturated rings. The third-order valence-corrected chi connectivity index (χ3v) is 6.43. The first-order valence-corrected chi connectivity index (χ1v) is 11.2. The molecule has 0 aliphatic carbocycles. The van der Waals surface area contributed by atoms with Crippen LogP contribution < -0.4 is 10.6 Å². The predicted molar refractivity (Wildman–Crippen MR) is 130 cm³/mol. The number of halogens is 1. The number of hydrogen-bond donors (Lipinski definition) is 2. The van der Waals surface area contributed by atoms with Gasteiger partial charge in [0.05, 0.1) is 24.8 Å². The van der Waals surface area contributed by atoms with Crippen molar-refractivity contribution in [2.75, 3.05) is 19.6 Å². The fraction of sp³-hybridized carbons (Fsp3) is 0.696. The van der Waals surface area contributed by atoms with E-state index in [0.717, 1.165) is 37.9 Å². The summed E-state index contributed by atoms with van der Waals surface area (Å²) in [4.78, 5) is 7.52. The zero-order valence-electron chi connectivity index (χ0n) is 17.9. The number of guanidine groups is 1. The van der Waals surface area contributed by atoms with Crippen LogP contribution >= 0.6 is 24.0 Å². The molecule has 0 aromatic heterocycles. The Labute approximate surface area is 193 Å². The quantitative estimate of drug-likeness (QED) is 0.345. The molecule has 5 nitrogen and oxygen atoms in total. The van der Waals surface area contributed by atoms with Crippen LogP contribution in [-0.4, -0.2) is 48.7 Å². The van der Waals surface area contributed by atoms with E-state index in [0.29, 0.717) is 18.2 Å². The van der Waals surface area contributed by atoms with Crippen molar-refractivity contribution in [2.24, 2.45) is 10.9 Å². The average molecular weight is 512 g/mol. The Kier molecular flexibility index (Phi) is 8.62. The van der Waals surface area contributed by atoms with Gasteiger partial charge in [0.15, 0.2) is 5.96 Å². The molecule has 0 amide bonds. The highest BCUT2D eigenvalue weighted by molar-refractivity contribution is 14.0. The molecule has 6 heteroatoms. The van der Waals surface area contributed by atoms with E-state index in [2.05, 4.69) is 53.6 Å². The molecule has 162 valence electrons. The Morgan fingerprint density at radius 3 is 2.72 bits per heavy atom. The number of piperidine rings is 1. The standard InChI is InChI=1S/C23H36N4O.HI/c1-3-24-23(26-21-13-20-10-11-22(21)28-20)25-14-18-8-4-5-9-19(18)16-27-12-6-7-17(2)15-27;/h4-5,8-9,17,20-22H,3,6-7,10-16H2,1-2H3,(H2,24,25,26);1H. The fourth-order valence-electron chi connectivity index (χ4n) is 4.99. The van der Waals surface area contributed by atoms with Gasteiger partial charge in [-0.3, -0.25) is 4.90 Å². The van der Waals surface area contributed by atoms with Crippen LogP contribution in [0.2, 0.25) is 0 Å². The molecule has 0 spiro atoms. The van der Waals surface area contributed by atoms with Gasteiger partial charge in [-0.15, -0.1) is 24.0 Å². The minimum Gasteiger partial charge on any atom is -0.373 e. The molecule has 0 radical (unpaired) electrons. The third-order valence-electron chi connectivity index (χ3n) is 6.43. The normalized spacial score (nSPS) is 29.5. The minimum atomic E-state index is 0. The summed E-state index contributed by atoms with van der Waals surface area (Å²) in [5.41, 5.74) is 2.75. The molecule has 4 atom stereocenters. The van der Waals surface area contributed by atoms with Gasteiger partial charge in [0.1, 0.15) is 0 Å². The second-order valence-corrected chi connectivity index (χ2v) is 8.81. The van der Waals surface area contributed by atoms with Gasteiger partial charge in [0.25, 0.3) is 0 Å². The molecule has 1 aromatic carbocycles. The second kappa shape index (κ2) is 11.0. The largest absolute Gasteiger partial charge is 0.373 e. The van der Waals surface area contributed by atoms with E-state index in [9.17, 15) is 0 Å². The highest BCUT2D eigenvalue weighted by Crippen LogP contribution is 2.34. The zero-order chi connectivity index (χ0) is 19.3. The van der Waals surface area contributed by atoms with Gasteiger partial charge >= 0.3 is 0 Å². The fourth-order valence-corrected chi connectivity index (χ4v) is 4.99. The molecule has 3 heterocycles. The van der Waals surface area contributed by atoms with E-state index in [1.165, 1.54) is 49.9 Å². The topological polar surface area (TPSA) is 48.9 Å². The molecule has 2 N–H and O–H groups in total. The molecular formula is C23H37IN4O. The lowest BCUT2D eigenvalue weighted by molar-refractivity contribution is 0.0992. The number of rotatable bonds is 6. The van der Waals surface area contributed by atoms with E-state index in [1.807, 2.05) is 0 Å². The van der Waals surface area contributed by atoms with Crippen molar-refractivity contribution in [1.29, 1.82) is 0 Å². The van der Waals surface area contributed by atoms with Crippen LogP contribution in [0.5, 0.6) is 0 Å². The van der Waals surface area contributed by atoms with Gasteiger partial charge < -0.3 is 15.4 Å². The average Bonchev–Trinajstić information content (AvgIpc) is 3.30. The van der Waals surface area contributed by atoms with E-state index in [1.54, 1.807) is 0 Å². The number of fused-ring (bicyclic) bond motifs is 2. The van der Waals surface area contributed by atoms with E-state index in [-0.39, 0.29) is 24.0 Å². The molecular weight excluding hydrogens is 475 g/mol. The molecule has 2 bridgehead atoms. The first-order chi connectivity index (χ1) is 13.7. The first-order valence-electron chi connectivity index (χ1n) is 11.2. The SMILES string of the molecule is CCNC(=NCc1ccccc1CN1CCCC(C)C1)NC1CC2CCC1O2.I. The van der Waals surface area contributed by atoms with E-state index in [4.69, 9.17) is 9.73 Å². The zero-order valence-corrected chi connectivity index (χ0v) is 20.2. The molecule has 29 heavy (non-hydrogen) atoms. The first kappa shape index (κ1) is 22.8. The van der Waals surface area contributed by atoms with Crippen molar-refractivity contribution >= 4 is 29.9 Å². The molecule has 4 rings (SSSR count). The van der Waals surface area contributed by atoms with Crippen LogP contribution in [0.3, 0.4) is 0 Å². The molecule has 3 saturated heterocycles. The van der Waals surface area contributed by atoms with Gasteiger partial charge in [-0.1, -0.05) is 31.2 Å². The number of aliphatic imine (C=N–C) groups is 1. The number of likely N-dealkylation sites (tertiary alicyclic amines) is 1. The predicted octanol–water partition coefficient (Wildman–Crippen LogP) is 3.91. The van der Waals surface area contributed by atoms with Crippen molar-refractivity contribution in [1.82, 2.24) is 15.5 Å². The Hall–Kier alpha value is -0.860. The summed E-state index contributed by atoms with van der Waals surface area (Å²) < 4.78 is 5.99. The summed E-state index contributed by atoms with van der Waals surface area (Å²) in [7, 11) is 0. The Morgan fingerprint density at radius 1 is 1.21 bits per heavy atom. The number of nitrogens with zero attached hydrogens (tertiary/aromatic N) is 2. The van der Waals surface area contributed by atoms with Crippen molar-refractivity contribution in [3.63, 3.8) is 0 Å². The van der Waals surface area contributed by atoms with Gasteiger partial charge in [0.2, 0.25) is 0 Å². The Morgan fingerprint density at radius 2 is 2.03 bits per heavy atom. The van der Waals surface area contributed by atoms with Crippen LogP contribution in [0.25, 0.3) is 0 Å². The number of hydrogen-bond acceptors (Lipinski definition) is 3. The lowest BCUT2D eigenvalue weighted by Gasteiger charge is -2.31. The van der Waals surface area contributed by atoms with Crippen LogP contribution in [0.4, 0.5) is 0 Å². The van der Waals surface area contributed by atoms with Crippen LogP contribution in [0.15, 0.2) is 29.3 Å². The molecule has 0 saturated carbocycles. The molecule has 1 aromatic rings. The summed E-state index contributed by atoms with van der Waals surface area (Å²) >= 11 is 0. The van der Waals surface area contributed by atoms with E-state index < -0.39 is 0 Å². The lowest BCUT2D eigenvalue weighted by atomic mass is 9.96. The van der Waals surface area contributed by atoms with E-state index >= 15 is 0 Å². The number of nitrogens with one attached hydrogen (secondary N) is 2. The van der Waals surface area contributed by atoms with Crippen molar-refractivity contribution < 1.29 is 4.74 Å². The maximum Gasteiger partial charge on any atom is 0.191 e. The van der Waals surface area contributed by atoms with Gasteiger partial charge in [0, 0.05) is 19.6 Å². The van der Waals surface area contributed by atoms with Gasteiger partial charge in [-0.2, -0.15) is 0 Å². The molecule has 3 aliphatic heterocycles. The monoisotopic (exact) mass is 512 g/mol. The van der Waals surface area contributed by atoms with Crippen LogP contribution in [0, 0.1) is 5.92 Å². The van der Waals surface area contributed by atoms with Crippen molar-refractivity contribution in [2.45, 2.75) is 77.3 Å². The summed E-state index contributed by atoms with van der Waals surface area (Å²) in [6.45, 7) is 9.57. The van der Waals surface area contributed by atoms with Crippen LogP contribution in [-0.2, 0) is 17.8 Å². The Balaban J connectivity index is 0.00000240. The summed E-state index contributed by atoms with van der Waals surface area (Å²) in [6, 6.07) is 9.20. The van der Waals surface area contributed by atoms with Crippen molar-refractivity contribution in [3.8, 4) is 0 Å². The number of benzene rings is 1. The molecule has 4 unspecified atom stereocenters. The number of ether oxygens (including phenoxy) is 1. The maximum absolute atomic E-state index is 5.99. The van der Waals surface area contributed by atoms with Gasteiger partial charge in [-0.05, 0) is 62.6 Å². The third kappa shape index (κ3) is 6.07. The smallest absolute Gasteiger partial charge is 0.191 e. The van der Waals surface area contributed by atoms with Gasteiger partial charge in [-0.25, -0.2) is 4.99 Å². The summed E-state index contributed by atoms with van der Waals surface area (Å²) in [6.07, 6.45) is 7.02. The highest BCUT2D eigenvalue weighted by atomic mass is 127. The summed E-state index contributed by atoms with van der Waals surface area (Å²) in [5, 5.41) is 7.05. The minimum absolute atomic E-state index is 0.